The van der Waals surface area contributed by atoms with Crippen molar-refractivity contribution in [2.24, 2.45) is 11.8 Å². The van der Waals surface area contributed by atoms with Gasteiger partial charge in [0.1, 0.15) is 0 Å². The minimum Gasteiger partial charge on any atom is -0.393 e. The first-order valence-electron chi connectivity index (χ1n) is 7.17. The molecule has 17 heavy (non-hydrogen) atoms. The molecule has 0 bridgehead atoms. The van der Waals surface area contributed by atoms with Crippen LogP contribution in [0, 0.1) is 11.8 Å². The van der Waals surface area contributed by atoms with Gasteiger partial charge in [-0.1, -0.05) is 12.8 Å². The van der Waals surface area contributed by atoms with Crippen LogP contribution in [-0.4, -0.2) is 36.6 Å². The molecular weight excluding hydrogens is 216 g/mol. The molecule has 3 nitrogen and oxygen atoms in total. The molecule has 0 aromatic carbocycles. The van der Waals surface area contributed by atoms with Crippen molar-refractivity contribution in [1.82, 2.24) is 0 Å². The molecule has 0 radical (unpaired) electrons. The third kappa shape index (κ3) is 2.83. The van der Waals surface area contributed by atoms with Gasteiger partial charge in [-0.15, -0.1) is 0 Å². The van der Waals surface area contributed by atoms with Crippen LogP contribution in [0.4, 0.5) is 0 Å². The van der Waals surface area contributed by atoms with Crippen LogP contribution in [-0.2, 0) is 9.47 Å². The Labute approximate surface area is 103 Å². The molecule has 2 atom stereocenters. The third-order valence-corrected chi connectivity index (χ3v) is 4.75. The number of aliphatic hydroxyl groups excluding tert-OH is 1. The highest BCUT2D eigenvalue weighted by Crippen LogP contribution is 2.41. The Morgan fingerprint density at radius 1 is 1.12 bits per heavy atom. The molecule has 98 valence electrons. The number of aliphatic hydroxyl groups is 1. The second-order valence-corrected chi connectivity index (χ2v) is 6.14. The van der Waals surface area contributed by atoms with Crippen molar-refractivity contribution in [2.75, 3.05) is 19.8 Å². The molecule has 2 heterocycles. The van der Waals surface area contributed by atoms with E-state index in [1.54, 1.807) is 0 Å². The molecule has 1 saturated carbocycles. The maximum absolute atomic E-state index is 10.3. The van der Waals surface area contributed by atoms with Gasteiger partial charge in [0.2, 0.25) is 0 Å². The number of ether oxygens (including phenoxy) is 2. The number of rotatable bonds is 3. The normalized spacial score (nSPS) is 34.8. The van der Waals surface area contributed by atoms with Crippen LogP contribution in [0.2, 0.25) is 0 Å². The Morgan fingerprint density at radius 3 is 2.59 bits per heavy atom. The first kappa shape index (κ1) is 11.9. The van der Waals surface area contributed by atoms with E-state index < -0.39 is 0 Å². The van der Waals surface area contributed by atoms with Crippen molar-refractivity contribution in [3.63, 3.8) is 0 Å². The molecule has 3 rings (SSSR count). The fourth-order valence-corrected chi connectivity index (χ4v) is 3.37. The summed E-state index contributed by atoms with van der Waals surface area (Å²) in [6, 6.07) is 0. The standard InChI is InChI=1S/C14H24O3/c15-13(9-11-1-2-11)12-3-6-17-14(10-12)4-7-16-8-5-14/h11-13,15H,1-10H2. The van der Waals surface area contributed by atoms with Crippen molar-refractivity contribution in [2.45, 2.75) is 56.7 Å². The van der Waals surface area contributed by atoms with E-state index in [2.05, 4.69) is 0 Å². The summed E-state index contributed by atoms with van der Waals surface area (Å²) in [6.07, 6.45) is 7.71. The zero-order valence-electron chi connectivity index (χ0n) is 10.6. The summed E-state index contributed by atoms with van der Waals surface area (Å²) >= 11 is 0. The van der Waals surface area contributed by atoms with Gasteiger partial charge in [0.15, 0.2) is 0 Å². The van der Waals surface area contributed by atoms with E-state index in [4.69, 9.17) is 9.47 Å². The van der Waals surface area contributed by atoms with Gasteiger partial charge in [0.25, 0.3) is 0 Å². The zero-order valence-corrected chi connectivity index (χ0v) is 10.6. The average Bonchev–Trinajstić information content (AvgIpc) is 3.14. The van der Waals surface area contributed by atoms with E-state index in [1.807, 2.05) is 0 Å². The summed E-state index contributed by atoms with van der Waals surface area (Å²) in [5, 5.41) is 10.3. The topological polar surface area (TPSA) is 38.7 Å². The van der Waals surface area contributed by atoms with E-state index in [9.17, 15) is 5.11 Å². The molecule has 1 spiro atoms. The summed E-state index contributed by atoms with van der Waals surface area (Å²) in [6.45, 7) is 2.48. The fraction of sp³-hybridized carbons (Fsp3) is 1.00. The number of hydrogen-bond donors (Lipinski definition) is 1. The van der Waals surface area contributed by atoms with Crippen molar-refractivity contribution >= 4 is 0 Å². The molecule has 3 aliphatic rings. The molecule has 2 aliphatic heterocycles. The molecule has 0 aromatic heterocycles. The lowest BCUT2D eigenvalue weighted by molar-refractivity contribution is -0.159. The molecule has 1 aliphatic carbocycles. The van der Waals surface area contributed by atoms with Gasteiger partial charge in [-0.3, -0.25) is 0 Å². The van der Waals surface area contributed by atoms with Crippen LogP contribution < -0.4 is 0 Å². The van der Waals surface area contributed by atoms with E-state index in [0.29, 0.717) is 5.92 Å². The summed E-state index contributed by atoms with van der Waals surface area (Å²) in [7, 11) is 0. The Morgan fingerprint density at radius 2 is 1.88 bits per heavy atom. The minimum absolute atomic E-state index is 0.0334. The summed E-state index contributed by atoms with van der Waals surface area (Å²) in [5.41, 5.74) is 0.0334. The van der Waals surface area contributed by atoms with Crippen molar-refractivity contribution in [1.29, 1.82) is 0 Å². The van der Waals surface area contributed by atoms with Gasteiger partial charge in [0, 0.05) is 19.8 Å². The summed E-state index contributed by atoms with van der Waals surface area (Å²) in [4.78, 5) is 0. The molecule has 1 N–H and O–H groups in total. The largest absolute Gasteiger partial charge is 0.393 e. The summed E-state index contributed by atoms with van der Waals surface area (Å²) in [5.74, 6) is 1.28. The molecule has 2 saturated heterocycles. The highest BCUT2D eigenvalue weighted by Gasteiger charge is 2.41. The van der Waals surface area contributed by atoms with Crippen molar-refractivity contribution in [3.8, 4) is 0 Å². The van der Waals surface area contributed by atoms with Crippen molar-refractivity contribution in [3.05, 3.63) is 0 Å². The second-order valence-electron chi connectivity index (χ2n) is 6.14. The molecule has 3 fully saturated rings. The van der Waals surface area contributed by atoms with Crippen LogP contribution in [0.1, 0.15) is 44.9 Å². The molecular formula is C14H24O3. The SMILES string of the molecule is OC(CC1CC1)C1CCOC2(CCOCC2)C1. The average molecular weight is 240 g/mol. The fourth-order valence-electron chi connectivity index (χ4n) is 3.37. The van der Waals surface area contributed by atoms with E-state index in [0.717, 1.165) is 57.8 Å². The number of hydrogen-bond acceptors (Lipinski definition) is 3. The van der Waals surface area contributed by atoms with Gasteiger partial charge >= 0.3 is 0 Å². The van der Waals surface area contributed by atoms with Gasteiger partial charge in [-0.05, 0) is 43.9 Å². The van der Waals surface area contributed by atoms with Crippen LogP contribution in [0.5, 0.6) is 0 Å². The van der Waals surface area contributed by atoms with Gasteiger partial charge in [-0.2, -0.15) is 0 Å². The van der Waals surface area contributed by atoms with Gasteiger partial charge in [-0.25, -0.2) is 0 Å². The first-order chi connectivity index (χ1) is 8.27. The quantitative estimate of drug-likeness (QED) is 0.821. The minimum atomic E-state index is -0.0916. The maximum atomic E-state index is 10.3. The lowest BCUT2D eigenvalue weighted by atomic mass is 9.77. The lowest BCUT2D eigenvalue weighted by Gasteiger charge is -2.44. The Bertz CT molecular complexity index is 251. The predicted octanol–water partition coefficient (Wildman–Crippen LogP) is 2.12. The Kier molecular flexibility index (Phi) is 3.42. The zero-order chi connectivity index (χ0) is 11.7. The maximum Gasteiger partial charge on any atom is 0.0730 e. The predicted molar refractivity (Wildman–Crippen MR) is 64.8 cm³/mol. The van der Waals surface area contributed by atoms with Crippen LogP contribution in [0.25, 0.3) is 0 Å². The second kappa shape index (κ2) is 4.87. The first-order valence-corrected chi connectivity index (χ1v) is 7.17. The van der Waals surface area contributed by atoms with Crippen LogP contribution in [0.15, 0.2) is 0 Å². The van der Waals surface area contributed by atoms with Gasteiger partial charge in [0.05, 0.1) is 11.7 Å². The highest BCUT2D eigenvalue weighted by molar-refractivity contribution is 4.92. The third-order valence-electron chi connectivity index (χ3n) is 4.75. The molecule has 0 amide bonds. The van der Waals surface area contributed by atoms with E-state index in [-0.39, 0.29) is 11.7 Å². The van der Waals surface area contributed by atoms with Crippen molar-refractivity contribution < 1.29 is 14.6 Å². The van der Waals surface area contributed by atoms with E-state index in [1.165, 1.54) is 12.8 Å². The Hall–Kier alpha value is -0.120. The Balaban J connectivity index is 1.57. The lowest BCUT2D eigenvalue weighted by Crippen LogP contribution is -2.46. The monoisotopic (exact) mass is 240 g/mol. The molecule has 0 aromatic rings. The van der Waals surface area contributed by atoms with Gasteiger partial charge < -0.3 is 14.6 Å². The molecule has 2 unspecified atom stereocenters. The molecule has 3 heteroatoms. The van der Waals surface area contributed by atoms with E-state index >= 15 is 0 Å². The highest BCUT2D eigenvalue weighted by atomic mass is 16.5. The summed E-state index contributed by atoms with van der Waals surface area (Å²) < 4.78 is 11.4. The van der Waals surface area contributed by atoms with Crippen LogP contribution in [0.3, 0.4) is 0 Å². The smallest absolute Gasteiger partial charge is 0.0730 e. The van der Waals surface area contributed by atoms with Crippen LogP contribution >= 0.6 is 0 Å².